The average molecular weight is 308 g/mol. The maximum atomic E-state index is 6.29. The Hall–Kier alpha value is -0.650. The molecule has 4 nitrogen and oxygen atoms in total. The third kappa shape index (κ3) is 2.83. The third-order valence-corrected chi connectivity index (χ3v) is 6.50. The number of nitrogens with two attached hydrogens (primary N) is 1. The Bertz CT molecular complexity index is 441. The number of nitrogens with zero attached hydrogens (tertiary/aromatic N) is 3. The molecule has 2 N–H and O–H groups in total. The summed E-state index contributed by atoms with van der Waals surface area (Å²) >= 11 is 1.74. The molecular formula is C16H28N4S. The lowest BCUT2D eigenvalue weighted by atomic mass is 9.68. The summed E-state index contributed by atoms with van der Waals surface area (Å²) in [7, 11) is 0. The van der Waals surface area contributed by atoms with Crippen molar-refractivity contribution in [3.63, 3.8) is 0 Å². The van der Waals surface area contributed by atoms with Gasteiger partial charge in [0.2, 0.25) is 0 Å². The highest BCUT2D eigenvalue weighted by atomic mass is 32.1. The van der Waals surface area contributed by atoms with Gasteiger partial charge in [-0.05, 0) is 24.7 Å². The minimum Gasteiger partial charge on any atom is -0.346 e. The second-order valence-electron chi connectivity index (χ2n) is 6.88. The Balaban J connectivity index is 1.69. The standard InChI is InChI=1S/C16H28N4S/c1-13-3-4-14(2)16(11-13,12-17)20-8-6-19(7-9-20)15-18-5-10-21-15/h5,10,13-14H,3-4,6-9,11-12,17H2,1-2H3. The van der Waals surface area contributed by atoms with Crippen molar-refractivity contribution in [3.8, 4) is 0 Å². The lowest BCUT2D eigenvalue weighted by Gasteiger charge is -2.54. The molecule has 3 atom stereocenters. The van der Waals surface area contributed by atoms with Crippen LogP contribution in [-0.2, 0) is 0 Å². The van der Waals surface area contributed by atoms with Crippen LogP contribution in [0.4, 0.5) is 5.13 Å². The zero-order valence-corrected chi connectivity index (χ0v) is 14.1. The number of anilines is 1. The first kappa shape index (κ1) is 15.3. The van der Waals surface area contributed by atoms with Gasteiger partial charge < -0.3 is 10.6 Å². The van der Waals surface area contributed by atoms with Crippen molar-refractivity contribution in [2.24, 2.45) is 17.6 Å². The topological polar surface area (TPSA) is 45.4 Å². The van der Waals surface area contributed by atoms with E-state index in [1.165, 1.54) is 24.4 Å². The van der Waals surface area contributed by atoms with Gasteiger partial charge in [-0.25, -0.2) is 4.98 Å². The van der Waals surface area contributed by atoms with Crippen LogP contribution in [0.15, 0.2) is 11.6 Å². The molecule has 5 heteroatoms. The van der Waals surface area contributed by atoms with E-state index in [2.05, 4.69) is 34.0 Å². The van der Waals surface area contributed by atoms with Crippen molar-refractivity contribution in [1.82, 2.24) is 9.88 Å². The first-order valence-corrected chi connectivity index (χ1v) is 9.13. The summed E-state index contributed by atoms with van der Waals surface area (Å²) in [5.74, 6) is 1.52. The Kier molecular flexibility index (Phi) is 4.52. The molecule has 1 saturated heterocycles. The van der Waals surface area contributed by atoms with Crippen molar-refractivity contribution in [2.75, 3.05) is 37.6 Å². The molecule has 1 aromatic heterocycles. The summed E-state index contributed by atoms with van der Waals surface area (Å²) in [6.45, 7) is 10.00. The van der Waals surface area contributed by atoms with Crippen LogP contribution < -0.4 is 10.6 Å². The Morgan fingerprint density at radius 2 is 2.05 bits per heavy atom. The third-order valence-electron chi connectivity index (χ3n) is 5.66. The molecule has 1 aliphatic heterocycles. The van der Waals surface area contributed by atoms with Crippen molar-refractivity contribution in [1.29, 1.82) is 0 Å². The molecule has 1 aromatic rings. The summed E-state index contributed by atoms with van der Waals surface area (Å²) in [4.78, 5) is 9.55. The summed E-state index contributed by atoms with van der Waals surface area (Å²) < 4.78 is 0. The zero-order valence-electron chi connectivity index (χ0n) is 13.3. The molecule has 0 spiro atoms. The van der Waals surface area contributed by atoms with Gasteiger partial charge in [-0.1, -0.05) is 20.3 Å². The van der Waals surface area contributed by atoms with E-state index in [9.17, 15) is 0 Å². The smallest absolute Gasteiger partial charge is 0.185 e. The molecule has 2 fully saturated rings. The molecule has 21 heavy (non-hydrogen) atoms. The second kappa shape index (κ2) is 6.23. The van der Waals surface area contributed by atoms with E-state index in [1.54, 1.807) is 11.3 Å². The monoisotopic (exact) mass is 308 g/mol. The predicted molar refractivity (Wildman–Crippen MR) is 89.9 cm³/mol. The van der Waals surface area contributed by atoms with E-state index < -0.39 is 0 Å². The molecule has 1 saturated carbocycles. The first-order valence-electron chi connectivity index (χ1n) is 8.25. The van der Waals surface area contributed by atoms with E-state index in [1.807, 2.05) is 6.20 Å². The van der Waals surface area contributed by atoms with Gasteiger partial charge >= 0.3 is 0 Å². The first-order chi connectivity index (χ1) is 10.2. The summed E-state index contributed by atoms with van der Waals surface area (Å²) in [6, 6.07) is 0. The molecule has 2 heterocycles. The van der Waals surface area contributed by atoms with Crippen LogP contribution in [0.2, 0.25) is 0 Å². The summed E-state index contributed by atoms with van der Waals surface area (Å²) in [6.07, 6.45) is 5.85. The van der Waals surface area contributed by atoms with Crippen molar-refractivity contribution in [2.45, 2.75) is 38.6 Å². The van der Waals surface area contributed by atoms with Gasteiger partial charge in [0, 0.05) is 49.8 Å². The van der Waals surface area contributed by atoms with Crippen molar-refractivity contribution in [3.05, 3.63) is 11.6 Å². The highest BCUT2D eigenvalue weighted by Gasteiger charge is 2.44. The fourth-order valence-corrected chi connectivity index (χ4v) is 4.98. The van der Waals surface area contributed by atoms with E-state index in [0.29, 0.717) is 5.92 Å². The zero-order chi connectivity index (χ0) is 14.9. The lowest BCUT2D eigenvalue weighted by Crippen LogP contribution is -2.64. The highest BCUT2D eigenvalue weighted by molar-refractivity contribution is 7.13. The maximum absolute atomic E-state index is 6.29. The largest absolute Gasteiger partial charge is 0.346 e. The van der Waals surface area contributed by atoms with Gasteiger partial charge in [-0.2, -0.15) is 0 Å². The molecular weight excluding hydrogens is 280 g/mol. The average Bonchev–Trinajstić information content (AvgIpc) is 3.04. The lowest BCUT2D eigenvalue weighted by molar-refractivity contribution is -0.00719. The van der Waals surface area contributed by atoms with Crippen LogP contribution >= 0.6 is 11.3 Å². The van der Waals surface area contributed by atoms with E-state index in [-0.39, 0.29) is 5.54 Å². The van der Waals surface area contributed by atoms with Crippen LogP contribution in [0.3, 0.4) is 0 Å². The Morgan fingerprint density at radius 1 is 1.29 bits per heavy atom. The van der Waals surface area contributed by atoms with Gasteiger partial charge in [0.05, 0.1) is 0 Å². The molecule has 2 aliphatic rings. The fraction of sp³-hybridized carbons (Fsp3) is 0.812. The van der Waals surface area contributed by atoms with Crippen LogP contribution in [0.25, 0.3) is 0 Å². The van der Waals surface area contributed by atoms with Gasteiger partial charge in [-0.3, -0.25) is 4.90 Å². The maximum Gasteiger partial charge on any atom is 0.185 e. The van der Waals surface area contributed by atoms with Crippen molar-refractivity contribution < 1.29 is 0 Å². The van der Waals surface area contributed by atoms with E-state index in [4.69, 9.17) is 5.73 Å². The molecule has 0 bridgehead atoms. The Labute approximate surface area is 132 Å². The molecule has 3 unspecified atom stereocenters. The fourth-order valence-electron chi connectivity index (χ4n) is 4.28. The second-order valence-corrected chi connectivity index (χ2v) is 7.76. The van der Waals surface area contributed by atoms with Crippen LogP contribution in [-0.4, -0.2) is 48.1 Å². The number of thiazole rings is 1. The highest BCUT2D eigenvalue weighted by Crippen LogP contribution is 2.41. The number of aromatic nitrogens is 1. The molecule has 3 rings (SSSR count). The molecule has 0 amide bonds. The number of rotatable bonds is 3. The quantitative estimate of drug-likeness (QED) is 0.931. The van der Waals surface area contributed by atoms with Gasteiger partial charge in [0.1, 0.15) is 0 Å². The van der Waals surface area contributed by atoms with Crippen LogP contribution in [0.1, 0.15) is 33.1 Å². The molecule has 0 radical (unpaired) electrons. The SMILES string of the molecule is CC1CCC(C)C(CN)(N2CCN(c3nccs3)CC2)C1. The van der Waals surface area contributed by atoms with E-state index >= 15 is 0 Å². The number of hydrogen-bond donors (Lipinski definition) is 1. The normalized spacial score (nSPS) is 35.1. The summed E-state index contributed by atoms with van der Waals surface area (Å²) in [5, 5.41) is 3.23. The predicted octanol–water partition coefficient (Wildman–Crippen LogP) is 2.42. The minimum absolute atomic E-state index is 0.229. The summed E-state index contributed by atoms with van der Waals surface area (Å²) in [5.41, 5.74) is 6.51. The van der Waals surface area contributed by atoms with E-state index in [0.717, 1.165) is 38.6 Å². The molecule has 118 valence electrons. The van der Waals surface area contributed by atoms with Gasteiger partial charge in [0.15, 0.2) is 5.13 Å². The number of piperazine rings is 1. The van der Waals surface area contributed by atoms with Crippen LogP contribution in [0, 0.1) is 11.8 Å². The number of hydrogen-bond acceptors (Lipinski definition) is 5. The molecule has 1 aliphatic carbocycles. The van der Waals surface area contributed by atoms with Crippen LogP contribution in [0.5, 0.6) is 0 Å². The molecule has 0 aromatic carbocycles. The van der Waals surface area contributed by atoms with Gasteiger partial charge in [-0.15, -0.1) is 11.3 Å². The minimum atomic E-state index is 0.229. The Morgan fingerprint density at radius 3 is 2.67 bits per heavy atom. The van der Waals surface area contributed by atoms with Crippen molar-refractivity contribution >= 4 is 16.5 Å². The van der Waals surface area contributed by atoms with Gasteiger partial charge in [0.25, 0.3) is 0 Å².